The van der Waals surface area contributed by atoms with Gasteiger partial charge in [-0.1, -0.05) is 29.4 Å². The molecule has 0 saturated heterocycles. The van der Waals surface area contributed by atoms with Crippen LogP contribution in [0.15, 0.2) is 58.6 Å². The van der Waals surface area contributed by atoms with Crippen molar-refractivity contribution in [2.45, 2.75) is 18.1 Å². The molecular formula is C17H17ClN4O2S. The van der Waals surface area contributed by atoms with Crippen LogP contribution < -0.4 is 0 Å². The van der Waals surface area contributed by atoms with Crippen LogP contribution in [-0.4, -0.2) is 38.4 Å². The van der Waals surface area contributed by atoms with Crippen molar-refractivity contribution in [2.24, 2.45) is 0 Å². The van der Waals surface area contributed by atoms with Gasteiger partial charge in [0.15, 0.2) is 5.16 Å². The maximum absolute atomic E-state index is 12.5. The second kappa shape index (κ2) is 7.76. The molecular weight excluding hydrogens is 360 g/mol. The number of hydrogen-bond donors (Lipinski definition) is 0. The number of amides is 1. The van der Waals surface area contributed by atoms with Crippen molar-refractivity contribution < 1.29 is 9.21 Å². The van der Waals surface area contributed by atoms with Crippen molar-refractivity contribution in [1.82, 2.24) is 19.7 Å². The summed E-state index contributed by atoms with van der Waals surface area (Å²) in [5, 5.41) is 9.29. The van der Waals surface area contributed by atoms with Crippen LogP contribution in [0.1, 0.15) is 18.7 Å². The van der Waals surface area contributed by atoms with Gasteiger partial charge in [0, 0.05) is 12.1 Å². The lowest BCUT2D eigenvalue weighted by Crippen LogP contribution is -2.30. The third-order valence-corrected chi connectivity index (χ3v) is 5.02. The van der Waals surface area contributed by atoms with Gasteiger partial charge in [0.2, 0.25) is 5.91 Å². The second-order valence-corrected chi connectivity index (χ2v) is 6.83. The van der Waals surface area contributed by atoms with Crippen LogP contribution in [0.2, 0.25) is 5.02 Å². The normalized spacial score (nSPS) is 12.1. The van der Waals surface area contributed by atoms with Gasteiger partial charge in [-0.3, -0.25) is 9.36 Å². The van der Waals surface area contributed by atoms with E-state index >= 15 is 0 Å². The van der Waals surface area contributed by atoms with Crippen LogP contribution in [-0.2, 0) is 4.79 Å². The van der Waals surface area contributed by atoms with Gasteiger partial charge >= 0.3 is 0 Å². The van der Waals surface area contributed by atoms with Crippen LogP contribution in [0.4, 0.5) is 0 Å². The molecule has 6 nitrogen and oxygen atoms in total. The standard InChI is InChI=1S/C17H17ClN4O2S/c1-12(15-7-4-8-24-15)21(2)16(23)10-25-17-20-19-11-22(17)14-6-3-5-13(18)9-14/h3-9,11-12H,10H2,1-2H3. The highest BCUT2D eigenvalue weighted by atomic mass is 35.5. The molecule has 0 saturated carbocycles. The van der Waals surface area contributed by atoms with E-state index in [4.69, 9.17) is 16.0 Å². The smallest absolute Gasteiger partial charge is 0.233 e. The van der Waals surface area contributed by atoms with Crippen molar-refractivity contribution in [1.29, 1.82) is 0 Å². The largest absolute Gasteiger partial charge is 0.467 e. The SMILES string of the molecule is CC(c1ccco1)N(C)C(=O)CSc1nncn1-c1cccc(Cl)c1. The summed E-state index contributed by atoms with van der Waals surface area (Å²) in [6.07, 6.45) is 3.21. The fraction of sp³-hybridized carbons (Fsp3) is 0.235. The number of thioether (sulfide) groups is 1. The predicted octanol–water partition coefficient (Wildman–Crippen LogP) is 3.83. The van der Waals surface area contributed by atoms with E-state index in [9.17, 15) is 4.79 Å². The fourth-order valence-electron chi connectivity index (χ4n) is 2.29. The number of hydrogen-bond acceptors (Lipinski definition) is 5. The first-order chi connectivity index (χ1) is 12.1. The molecule has 1 atom stereocenters. The third kappa shape index (κ3) is 4.05. The Labute approximate surface area is 154 Å². The topological polar surface area (TPSA) is 64.2 Å². The van der Waals surface area contributed by atoms with Gasteiger partial charge in [-0.25, -0.2) is 0 Å². The summed E-state index contributed by atoms with van der Waals surface area (Å²) in [7, 11) is 1.76. The molecule has 1 amide bonds. The summed E-state index contributed by atoms with van der Waals surface area (Å²) >= 11 is 7.37. The van der Waals surface area contributed by atoms with Crippen molar-refractivity contribution in [3.05, 3.63) is 59.8 Å². The summed E-state index contributed by atoms with van der Waals surface area (Å²) in [4.78, 5) is 14.1. The molecule has 8 heteroatoms. The van der Waals surface area contributed by atoms with Gasteiger partial charge in [0.05, 0.1) is 23.7 Å². The minimum absolute atomic E-state index is 0.0189. The molecule has 0 bridgehead atoms. The number of carbonyl (C=O) groups excluding carboxylic acids is 1. The minimum Gasteiger partial charge on any atom is -0.467 e. The Morgan fingerprint density at radius 3 is 2.96 bits per heavy atom. The monoisotopic (exact) mass is 376 g/mol. The number of aromatic nitrogens is 3. The quantitative estimate of drug-likeness (QED) is 0.612. The average Bonchev–Trinajstić information content (AvgIpc) is 3.29. The molecule has 0 N–H and O–H groups in total. The lowest BCUT2D eigenvalue weighted by molar-refractivity contribution is -0.129. The van der Waals surface area contributed by atoms with Gasteiger partial charge < -0.3 is 9.32 Å². The first-order valence-corrected chi connectivity index (χ1v) is 9.00. The summed E-state index contributed by atoms with van der Waals surface area (Å²) in [5.41, 5.74) is 0.852. The number of furan rings is 1. The van der Waals surface area contributed by atoms with Crippen LogP contribution >= 0.6 is 23.4 Å². The van der Waals surface area contributed by atoms with Crippen molar-refractivity contribution in [3.8, 4) is 5.69 Å². The minimum atomic E-state index is -0.131. The molecule has 3 rings (SSSR count). The van der Waals surface area contributed by atoms with Crippen LogP contribution in [0.5, 0.6) is 0 Å². The van der Waals surface area contributed by atoms with Gasteiger partial charge in [0.25, 0.3) is 0 Å². The molecule has 0 aliphatic heterocycles. The number of halogens is 1. The maximum atomic E-state index is 12.5. The van der Waals surface area contributed by atoms with Crippen LogP contribution in [0.3, 0.4) is 0 Å². The average molecular weight is 377 g/mol. The molecule has 0 radical (unpaired) electrons. The highest BCUT2D eigenvalue weighted by Gasteiger charge is 2.20. The van der Waals surface area contributed by atoms with Crippen LogP contribution in [0.25, 0.3) is 5.69 Å². The Morgan fingerprint density at radius 2 is 2.24 bits per heavy atom. The molecule has 0 fully saturated rings. The first kappa shape index (κ1) is 17.6. The zero-order valence-corrected chi connectivity index (χ0v) is 15.4. The van der Waals surface area contributed by atoms with Gasteiger partial charge in [-0.15, -0.1) is 10.2 Å². The molecule has 130 valence electrons. The maximum Gasteiger partial charge on any atom is 0.233 e. The Hall–Kier alpha value is -2.25. The fourth-order valence-corrected chi connectivity index (χ4v) is 3.33. The molecule has 25 heavy (non-hydrogen) atoms. The van der Waals surface area contributed by atoms with E-state index in [-0.39, 0.29) is 17.7 Å². The Kier molecular flexibility index (Phi) is 5.45. The number of rotatable bonds is 6. The lowest BCUT2D eigenvalue weighted by Gasteiger charge is -2.23. The lowest BCUT2D eigenvalue weighted by atomic mass is 10.2. The Balaban J connectivity index is 1.66. The highest BCUT2D eigenvalue weighted by Crippen LogP contribution is 2.24. The van der Waals surface area contributed by atoms with E-state index in [1.807, 2.05) is 37.3 Å². The Morgan fingerprint density at radius 1 is 1.40 bits per heavy atom. The van der Waals surface area contributed by atoms with Gasteiger partial charge in [-0.2, -0.15) is 0 Å². The first-order valence-electron chi connectivity index (χ1n) is 7.64. The summed E-state index contributed by atoms with van der Waals surface area (Å²) < 4.78 is 7.17. The zero-order chi connectivity index (χ0) is 17.8. The third-order valence-electron chi connectivity index (χ3n) is 3.86. The molecule has 0 spiro atoms. The molecule has 2 aromatic heterocycles. The van der Waals surface area contributed by atoms with E-state index in [2.05, 4.69) is 10.2 Å². The number of carbonyl (C=O) groups is 1. The molecule has 2 heterocycles. The summed E-state index contributed by atoms with van der Waals surface area (Å²) in [6, 6.07) is 10.9. The van der Waals surface area contributed by atoms with Gasteiger partial charge in [-0.05, 0) is 37.3 Å². The van der Waals surface area contributed by atoms with Crippen molar-refractivity contribution in [2.75, 3.05) is 12.8 Å². The van der Waals surface area contributed by atoms with E-state index in [0.29, 0.717) is 10.2 Å². The summed E-state index contributed by atoms with van der Waals surface area (Å²) in [6.45, 7) is 1.93. The van der Waals surface area contributed by atoms with Gasteiger partial charge in [0.1, 0.15) is 12.1 Å². The molecule has 3 aromatic rings. The zero-order valence-electron chi connectivity index (χ0n) is 13.8. The number of nitrogens with zero attached hydrogens (tertiary/aromatic N) is 4. The summed E-state index contributed by atoms with van der Waals surface area (Å²) in [5.74, 6) is 0.985. The molecule has 0 aliphatic rings. The highest BCUT2D eigenvalue weighted by molar-refractivity contribution is 7.99. The van der Waals surface area contributed by atoms with Crippen LogP contribution in [0, 0.1) is 0 Å². The van der Waals surface area contributed by atoms with E-state index in [1.165, 1.54) is 11.8 Å². The van der Waals surface area contributed by atoms with E-state index in [0.717, 1.165) is 11.4 Å². The molecule has 0 aliphatic carbocycles. The Bertz CT molecular complexity index is 850. The molecule has 1 aromatic carbocycles. The molecule has 1 unspecified atom stereocenters. The predicted molar refractivity (Wildman–Crippen MR) is 97.0 cm³/mol. The van der Waals surface area contributed by atoms with Crippen molar-refractivity contribution in [3.63, 3.8) is 0 Å². The van der Waals surface area contributed by atoms with Crippen molar-refractivity contribution >= 4 is 29.3 Å². The number of benzene rings is 1. The van der Waals surface area contributed by atoms with E-state index < -0.39 is 0 Å². The van der Waals surface area contributed by atoms with E-state index in [1.54, 1.807) is 35.2 Å². The second-order valence-electron chi connectivity index (χ2n) is 5.45.